The molecule has 0 unspecified atom stereocenters. The van der Waals surface area contributed by atoms with Crippen molar-refractivity contribution in [3.05, 3.63) is 183 Å². The minimum atomic E-state index is -0.0685. The van der Waals surface area contributed by atoms with Crippen LogP contribution in [0, 0.1) is 3.57 Å². The topological polar surface area (TPSA) is 30.7 Å². The SMILES string of the molecule is CCCCC1(CCCC)c2cc(I)ccc2-c2ccc(-c3ccc4c(c3)C(CCCC)(CCCC)c3cc(-c5cccc(-c6nnc(-c7ccc(C(C)(C)C)cc7)n6-c6ccccc6)c5)ccc3-4)cc21. The number of hydrogen-bond acceptors (Lipinski definition) is 2. The van der Waals surface area contributed by atoms with E-state index in [4.69, 9.17) is 10.2 Å². The molecule has 0 amide bonds. The Hall–Kier alpha value is -5.59. The molecule has 1 heterocycles. The summed E-state index contributed by atoms with van der Waals surface area (Å²) in [7, 11) is 0. The maximum atomic E-state index is 4.93. The Bertz CT molecular complexity index is 3130. The van der Waals surface area contributed by atoms with Crippen LogP contribution in [0.1, 0.15) is 153 Å². The molecule has 0 fully saturated rings. The summed E-state index contributed by atoms with van der Waals surface area (Å²) in [6.07, 6.45) is 14.3. The van der Waals surface area contributed by atoms with E-state index in [-0.39, 0.29) is 16.2 Å². The van der Waals surface area contributed by atoms with Crippen LogP contribution >= 0.6 is 22.6 Å². The van der Waals surface area contributed by atoms with Gasteiger partial charge in [-0.25, -0.2) is 0 Å². The molecule has 7 aromatic carbocycles. The van der Waals surface area contributed by atoms with E-state index in [1.54, 1.807) is 11.1 Å². The Morgan fingerprint density at radius 2 is 0.814 bits per heavy atom. The molecule has 10 rings (SSSR count). The highest BCUT2D eigenvalue weighted by molar-refractivity contribution is 14.1. The fraction of sp³-hybridized carbons (Fsp3) is 0.333. The van der Waals surface area contributed by atoms with E-state index in [0.29, 0.717) is 0 Å². The van der Waals surface area contributed by atoms with E-state index in [9.17, 15) is 0 Å². The fourth-order valence-corrected chi connectivity index (χ4v) is 12.7. The molecule has 70 heavy (non-hydrogen) atoms. The van der Waals surface area contributed by atoms with Gasteiger partial charge >= 0.3 is 0 Å². The molecule has 0 radical (unpaired) electrons. The summed E-state index contributed by atoms with van der Waals surface area (Å²) >= 11 is 2.53. The average molecular weight is 1030 g/mol. The van der Waals surface area contributed by atoms with Crippen molar-refractivity contribution in [2.24, 2.45) is 0 Å². The first-order chi connectivity index (χ1) is 34.0. The molecule has 0 N–H and O–H groups in total. The zero-order chi connectivity index (χ0) is 48.6. The molecule has 8 aromatic rings. The van der Waals surface area contributed by atoms with Crippen molar-refractivity contribution in [2.45, 2.75) is 142 Å². The van der Waals surface area contributed by atoms with Gasteiger partial charge in [-0.1, -0.05) is 203 Å². The van der Waals surface area contributed by atoms with E-state index in [2.05, 4.69) is 227 Å². The lowest BCUT2D eigenvalue weighted by atomic mass is 9.69. The van der Waals surface area contributed by atoms with Crippen LogP contribution < -0.4 is 0 Å². The van der Waals surface area contributed by atoms with Crippen LogP contribution in [0.25, 0.3) is 73.0 Å². The molecule has 1 aromatic heterocycles. The third kappa shape index (κ3) is 8.60. The summed E-state index contributed by atoms with van der Waals surface area (Å²) in [5, 5.41) is 9.81. The number of rotatable bonds is 17. The minimum absolute atomic E-state index is 0.0540. The number of benzene rings is 7. The summed E-state index contributed by atoms with van der Waals surface area (Å²) < 4.78 is 3.56. The van der Waals surface area contributed by atoms with Crippen molar-refractivity contribution in [3.8, 4) is 73.0 Å². The summed E-state index contributed by atoms with van der Waals surface area (Å²) in [6.45, 7) is 16.2. The minimum Gasteiger partial charge on any atom is -0.275 e. The highest BCUT2D eigenvalue weighted by Gasteiger charge is 2.44. The predicted octanol–water partition coefficient (Wildman–Crippen LogP) is 19.1. The number of aromatic nitrogens is 3. The van der Waals surface area contributed by atoms with Crippen LogP contribution in [-0.4, -0.2) is 14.8 Å². The molecular formula is C66H70IN3. The molecule has 0 aliphatic heterocycles. The van der Waals surface area contributed by atoms with Crippen molar-refractivity contribution in [1.29, 1.82) is 0 Å². The first-order valence-electron chi connectivity index (χ1n) is 26.5. The number of para-hydroxylation sites is 1. The lowest BCUT2D eigenvalue weighted by Gasteiger charge is -2.34. The summed E-state index contributed by atoms with van der Waals surface area (Å²) in [5.41, 5.74) is 21.5. The highest BCUT2D eigenvalue weighted by Crippen LogP contribution is 2.58. The Labute approximate surface area is 432 Å². The van der Waals surface area contributed by atoms with Gasteiger partial charge < -0.3 is 0 Å². The van der Waals surface area contributed by atoms with Crippen LogP contribution in [0.4, 0.5) is 0 Å². The molecule has 0 atom stereocenters. The van der Waals surface area contributed by atoms with E-state index in [1.807, 2.05) is 0 Å². The summed E-state index contributed by atoms with van der Waals surface area (Å²) in [6, 6.07) is 58.0. The Balaban J connectivity index is 1.06. The van der Waals surface area contributed by atoms with E-state index in [1.165, 1.54) is 129 Å². The second kappa shape index (κ2) is 19.9. The zero-order valence-electron chi connectivity index (χ0n) is 42.6. The summed E-state index contributed by atoms with van der Waals surface area (Å²) in [4.78, 5) is 0. The first kappa shape index (κ1) is 48.1. The molecule has 0 saturated carbocycles. The van der Waals surface area contributed by atoms with E-state index < -0.39 is 0 Å². The van der Waals surface area contributed by atoms with Gasteiger partial charge in [0.15, 0.2) is 11.6 Å². The Kier molecular flexibility index (Phi) is 13.7. The highest BCUT2D eigenvalue weighted by atomic mass is 127. The quantitative estimate of drug-likeness (QED) is 0.0851. The van der Waals surface area contributed by atoms with Gasteiger partial charge in [-0.05, 0) is 175 Å². The third-order valence-electron chi connectivity index (χ3n) is 16.0. The van der Waals surface area contributed by atoms with Crippen molar-refractivity contribution in [2.75, 3.05) is 0 Å². The zero-order valence-corrected chi connectivity index (χ0v) is 44.8. The van der Waals surface area contributed by atoms with Crippen LogP contribution in [0.15, 0.2) is 152 Å². The van der Waals surface area contributed by atoms with Gasteiger partial charge in [0.25, 0.3) is 0 Å². The largest absolute Gasteiger partial charge is 0.275 e. The van der Waals surface area contributed by atoms with Gasteiger partial charge in [0.1, 0.15) is 0 Å². The van der Waals surface area contributed by atoms with Crippen LogP contribution in [0.5, 0.6) is 0 Å². The molecule has 2 aliphatic carbocycles. The molecule has 0 bridgehead atoms. The lowest BCUT2D eigenvalue weighted by Crippen LogP contribution is -2.26. The summed E-state index contributed by atoms with van der Waals surface area (Å²) in [5.74, 6) is 1.67. The predicted molar refractivity (Wildman–Crippen MR) is 305 cm³/mol. The monoisotopic (exact) mass is 1030 g/mol. The molecule has 4 heteroatoms. The van der Waals surface area contributed by atoms with Gasteiger partial charge in [0.2, 0.25) is 0 Å². The lowest BCUT2D eigenvalue weighted by molar-refractivity contribution is 0.414. The van der Waals surface area contributed by atoms with Gasteiger partial charge in [0, 0.05) is 31.2 Å². The van der Waals surface area contributed by atoms with Gasteiger partial charge in [0.05, 0.1) is 0 Å². The van der Waals surface area contributed by atoms with Crippen molar-refractivity contribution in [3.63, 3.8) is 0 Å². The maximum absolute atomic E-state index is 4.93. The van der Waals surface area contributed by atoms with Crippen LogP contribution in [0.3, 0.4) is 0 Å². The van der Waals surface area contributed by atoms with Crippen LogP contribution in [0.2, 0.25) is 0 Å². The molecule has 356 valence electrons. The number of hydrogen-bond donors (Lipinski definition) is 0. The maximum Gasteiger partial charge on any atom is 0.168 e. The smallest absolute Gasteiger partial charge is 0.168 e. The molecule has 2 aliphatic rings. The molecule has 0 spiro atoms. The van der Waals surface area contributed by atoms with Crippen molar-refractivity contribution >= 4 is 22.6 Å². The standard InChI is InChI=1S/C66H70IN3/c1-8-12-36-65(37-13-9-2)58-41-47(46-20-19-21-50(40-46)63-69-68-62(70(63)53-22-17-16-18-23-53)45-24-29-51(30-25-45)64(5,6)7)26-32-54(58)55-33-27-48(42-59(55)65)49-28-34-56-57-35-31-52(67)44-61(57)66(38-14-10-3,39-15-11-4)60(56)43-49/h16-35,40-44H,8-15,36-39H2,1-7H3. The first-order valence-corrected chi connectivity index (χ1v) is 27.6. The molecule has 0 saturated heterocycles. The second-order valence-electron chi connectivity index (χ2n) is 21.5. The normalized spacial score (nSPS) is 14.1. The number of nitrogens with zero attached hydrogens (tertiary/aromatic N) is 3. The number of fused-ring (bicyclic) bond motifs is 6. The second-order valence-corrected chi connectivity index (χ2v) is 22.7. The molecule has 3 nitrogen and oxygen atoms in total. The van der Waals surface area contributed by atoms with Gasteiger partial charge in [-0.15, -0.1) is 10.2 Å². The Morgan fingerprint density at radius 3 is 1.27 bits per heavy atom. The molecular weight excluding hydrogens is 962 g/mol. The van der Waals surface area contributed by atoms with Crippen molar-refractivity contribution in [1.82, 2.24) is 14.8 Å². The van der Waals surface area contributed by atoms with E-state index in [0.717, 1.165) is 41.3 Å². The van der Waals surface area contributed by atoms with Crippen LogP contribution in [-0.2, 0) is 16.2 Å². The third-order valence-corrected chi connectivity index (χ3v) is 16.7. The van der Waals surface area contributed by atoms with Crippen molar-refractivity contribution < 1.29 is 0 Å². The number of halogens is 1. The Morgan fingerprint density at radius 1 is 0.414 bits per heavy atom. The fourth-order valence-electron chi connectivity index (χ4n) is 12.2. The number of unbranched alkanes of at least 4 members (excludes halogenated alkanes) is 4. The van der Waals surface area contributed by atoms with E-state index >= 15 is 0 Å². The average Bonchev–Trinajstić information content (AvgIpc) is 4.03. The van der Waals surface area contributed by atoms with Gasteiger partial charge in [-0.2, -0.15) is 0 Å². The van der Waals surface area contributed by atoms with Gasteiger partial charge in [-0.3, -0.25) is 4.57 Å².